The number of hydrogen-bond donors (Lipinski definition) is 9. The first-order valence-electron chi connectivity index (χ1n) is 11.8. The van der Waals surface area contributed by atoms with Crippen molar-refractivity contribution in [3.8, 4) is 12.3 Å². The van der Waals surface area contributed by atoms with E-state index >= 15 is 0 Å². The first-order chi connectivity index (χ1) is 19.3. The monoisotopic (exact) mass is 669 g/mol. The first-order valence-corrected chi connectivity index (χ1v) is 16.3. The highest BCUT2D eigenvalue weighted by Crippen LogP contribution is 2.66. The zero-order chi connectivity index (χ0) is 31.7. The number of hydrogen-bond acceptors (Lipinski definition) is 15. The molecule has 3 fully saturated rings. The van der Waals surface area contributed by atoms with Crippen LogP contribution in [0.4, 0.5) is 4.79 Å². The van der Waals surface area contributed by atoms with Crippen LogP contribution in [0.25, 0.3) is 0 Å². The number of terminal acetylenes is 1. The van der Waals surface area contributed by atoms with E-state index in [0.29, 0.717) is 0 Å². The molecular weight excluding hydrogens is 639 g/mol. The second-order valence-corrected chi connectivity index (χ2v) is 13.8. The topological polar surface area (TPSA) is 310 Å². The molecule has 0 aromatic rings. The van der Waals surface area contributed by atoms with E-state index in [1.165, 1.54) is 6.92 Å². The van der Waals surface area contributed by atoms with Crippen LogP contribution >= 0.6 is 23.5 Å². The minimum Gasteiger partial charge on any atom is -0.394 e. The largest absolute Gasteiger partial charge is 0.490 e. The van der Waals surface area contributed by atoms with Gasteiger partial charge in [-0.3, -0.25) is 24.9 Å². The van der Waals surface area contributed by atoms with Gasteiger partial charge in [0.25, 0.3) is 0 Å². The first kappa shape index (κ1) is 35.1. The molecule has 3 aliphatic rings. The summed E-state index contributed by atoms with van der Waals surface area (Å²) < 4.78 is 63.4. The van der Waals surface area contributed by atoms with E-state index in [1.807, 2.05) is 0 Å². The number of nitrogens with zero attached hydrogens (tertiary/aromatic N) is 1. The minimum absolute atomic E-state index is 0.0445. The number of carbonyl (C=O) groups is 2. The summed E-state index contributed by atoms with van der Waals surface area (Å²) in [6.45, 7) is -0.568. The molecular formula is C18H30N3O18P3. The molecule has 3 heterocycles. The maximum absolute atomic E-state index is 12.7. The lowest BCUT2D eigenvalue weighted by Gasteiger charge is -2.41. The molecule has 0 aliphatic carbocycles. The molecule has 240 valence electrons. The van der Waals surface area contributed by atoms with E-state index in [1.54, 1.807) is 0 Å². The molecule has 0 saturated carbocycles. The second kappa shape index (κ2) is 13.3. The maximum Gasteiger partial charge on any atom is 0.490 e. The van der Waals surface area contributed by atoms with Crippen LogP contribution < -0.4 is 10.6 Å². The lowest BCUT2D eigenvalue weighted by Crippen LogP contribution is -2.70. The van der Waals surface area contributed by atoms with Gasteiger partial charge in [0.1, 0.15) is 36.2 Å². The van der Waals surface area contributed by atoms with Gasteiger partial charge in [-0.2, -0.15) is 8.62 Å². The van der Waals surface area contributed by atoms with Gasteiger partial charge in [0.15, 0.2) is 6.29 Å². The molecule has 0 aromatic carbocycles. The SMILES string of the molecule is C#CCNC1(C)CN([C@H]2C[C@H](O[C@@H]3O[C@@H](CO)[C@H](O)[C@H]3O)[C@@H](COP(=O)(O)OP(=O)(O)OP(=O)(O)O)O2)C(=O)NC1=O. The molecule has 3 amide bonds. The molecule has 3 aliphatic heterocycles. The van der Waals surface area contributed by atoms with Gasteiger partial charge in [-0.15, -0.1) is 6.42 Å². The number of aliphatic hydroxyl groups is 3. The van der Waals surface area contributed by atoms with Crippen molar-refractivity contribution in [2.24, 2.45) is 0 Å². The number of urea groups is 1. The van der Waals surface area contributed by atoms with Gasteiger partial charge >= 0.3 is 29.5 Å². The van der Waals surface area contributed by atoms with Crippen LogP contribution in [0.3, 0.4) is 0 Å². The van der Waals surface area contributed by atoms with E-state index in [-0.39, 0.29) is 19.5 Å². The standard InChI is InChI=1S/C18H30N3O18P3/c1-3-4-19-18(2)8-21(17(26)20-16(18)25)12-5-9(36-15-14(24)13(23)10(6-22)37-15)11(35-12)7-34-41(30,31)39-42(32,33)38-40(27,28)29/h1,9-15,19,22-24H,4-8H2,2H3,(H,30,31)(H,32,33)(H,20,25,26)(H2,27,28,29)/t9-,10-,11+,12+,13-,14+,15+,18?/m0/s1. The van der Waals surface area contributed by atoms with E-state index in [2.05, 4.69) is 29.7 Å². The minimum atomic E-state index is -5.83. The predicted molar refractivity (Wildman–Crippen MR) is 131 cm³/mol. The Hall–Kier alpha value is -1.37. The summed E-state index contributed by atoms with van der Waals surface area (Å²) in [6, 6.07) is -0.898. The van der Waals surface area contributed by atoms with Crippen LogP contribution in [0.15, 0.2) is 0 Å². The van der Waals surface area contributed by atoms with Crippen molar-refractivity contribution in [3.05, 3.63) is 0 Å². The predicted octanol–water partition coefficient (Wildman–Crippen LogP) is -3.20. The van der Waals surface area contributed by atoms with Crippen LogP contribution in [0.2, 0.25) is 0 Å². The van der Waals surface area contributed by atoms with Gasteiger partial charge in [0.2, 0.25) is 5.91 Å². The number of imide groups is 1. The molecule has 24 heteroatoms. The molecule has 3 saturated heterocycles. The van der Waals surface area contributed by atoms with E-state index in [0.717, 1.165) is 4.90 Å². The molecule has 10 atom stereocenters. The zero-order valence-corrected chi connectivity index (χ0v) is 24.2. The molecule has 21 nitrogen and oxygen atoms in total. The Labute approximate surface area is 237 Å². The summed E-state index contributed by atoms with van der Waals surface area (Å²) in [4.78, 5) is 62.7. The van der Waals surface area contributed by atoms with Crippen molar-refractivity contribution in [1.82, 2.24) is 15.5 Å². The quantitative estimate of drug-likeness (QED) is 0.0689. The smallest absolute Gasteiger partial charge is 0.394 e. The molecule has 9 N–H and O–H groups in total. The van der Waals surface area contributed by atoms with E-state index < -0.39 is 97.2 Å². The lowest BCUT2D eigenvalue weighted by molar-refractivity contribution is -0.204. The number of carbonyl (C=O) groups excluding carboxylic acids is 2. The Morgan fingerprint density at radius 2 is 1.76 bits per heavy atom. The summed E-state index contributed by atoms with van der Waals surface area (Å²) in [7, 11) is -17.1. The zero-order valence-electron chi connectivity index (χ0n) is 21.6. The van der Waals surface area contributed by atoms with E-state index in [9.17, 15) is 48.4 Å². The van der Waals surface area contributed by atoms with E-state index in [4.69, 9.17) is 30.4 Å². The molecule has 3 rings (SSSR count). The Bertz CT molecular complexity index is 1210. The highest BCUT2D eigenvalue weighted by molar-refractivity contribution is 7.66. The molecule has 3 unspecified atom stereocenters. The summed E-state index contributed by atoms with van der Waals surface area (Å²) in [6.07, 6.45) is -5.02. The van der Waals surface area contributed by atoms with Crippen LogP contribution in [0.1, 0.15) is 13.3 Å². The molecule has 0 aromatic heterocycles. The van der Waals surface area contributed by atoms with Crippen molar-refractivity contribution < 1.29 is 85.5 Å². The number of aliphatic hydroxyl groups excluding tert-OH is 3. The van der Waals surface area contributed by atoms with Crippen LogP contribution in [-0.2, 0) is 45.8 Å². The van der Waals surface area contributed by atoms with Gasteiger partial charge in [0, 0.05) is 6.42 Å². The van der Waals surface area contributed by atoms with Crippen molar-refractivity contribution in [3.63, 3.8) is 0 Å². The third kappa shape index (κ3) is 8.85. The third-order valence-electron chi connectivity index (χ3n) is 6.20. The Balaban J connectivity index is 1.79. The number of nitrogens with one attached hydrogen (secondary N) is 2. The van der Waals surface area contributed by atoms with Crippen molar-refractivity contribution in [1.29, 1.82) is 0 Å². The Kier molecular flexibility index (Phi) is 11.1. The maximum atomic E-state index is 12.7. The number of phosphoric acid groups is 3. The van der Waals surface area contributed by atoms with Crippen LogP contribution in [0.5, 0.6) is 0 Å². The van der Waals surface area contributed by atoms with Gasteiger partial charge in [-0.25, -0.2) is 18.5 Å². The Morgan fingerprint density at radius 1 is 1.10 bits per heavy atom. The van der Waals surface area contributed by atoms with Crippen molar-refractivity contribution >= 4 is 35.4 Å². The molecule has 0 bridgehead atoms. The summed E-state index contributed by atoms with van der Waals surface area (Å²) in [5, 5.41) is 34.5. The average Bonchev–Trinajstić information content (AvgIpc) is 3.37. The number of ether oxygens (including phenoxy) is 3. The fourth-order valence-corrected chi connectivity index (χ4v) is 7.24. The molecule has 42 heavy (non-hydrogen) atoms. The fraction of sp³-hybridized carbons (Fsp3) is 0.778. The number of amides is 3. The van der Waals surface area contributed by atoms with Gasteiger partial charge in [-0.1, -0.05) is 5.92 Å². The average molecular weight is 669 g/mol. The molecule has 0 radical (unpaired) electrons. The molecule has 0 spiro atoms. The highest BCUT2D eigenvalue weighted by atomic mass is 31.3. The van der Waals surface area contributed by atoms with Gasteiger partial charge in [-0.05, 0) is 6.92 Å². The van der Waals surface area contributed by atoms with Crippen molar-refractivity contribution in [2.45, 2.75) is 61.9 Å². The summed E-state index contributed by atoms with van der Waals surface area (Å²) in [5.41, 5.74) is -1.38. The second-order valence-electron chi connectivity index (χ2n) is 9.41. The fourth-order valence-electron chi connectivity index (χ4n) is 4.21. The number of phosphoric ester groups is 1. The normalized spacial score (nSPS) is 36.7. The highest BCUT2D eigenvalue weighted by Gasteiger charge is 2.52. The lowest BCUT2D eigenvalue weighted by atomic mass is 9.97. The third-order valence-corrected chi connectivity index (χ3v) is 10.0. The van der Waals surface area contributed by atoms with Crippen LogP contribution in [0, 0.1) is 12.3 Å². The number of rotatable bonds is 13. The van der Waals surface area contributed by atoms with Crippen LogP contribution in [-0.4, -0.2) is 127 Å². The van der Waals surface area contributed by atoms with Gasteiger partial charge < -0.3 is 49.1 Å². The summed E-state index contributed by atoms with van der Waals surface area (Å²) >= 11 is 0. The van der Waals surface area contributed by atoms with Gasteiger partial charge in [0.05, 0.1) is 32.4 Å². The Morgan fingerprint density at radius 3 is 2.33 bits per heavy atom. The van der Waals surface area contributed by atoms with Crippen molar-refractivity contribution in [2.75, 3.05) is 26.3 Å². The summed E-state index contributed by atoms with van der Waals surface area (Å²) in [5.74, 6) is 1.60.